The Hall–Kier alpha value is -0.780. The van der Waals surface area contributed by atoms with Crippen LogP contribution in [0.4, 0.5) is 5.95 Å². The normalized spacial score (nSPS) is 11.3. The first-order chi connectivity index (χ1) is 10.2. The number of nitrogens with two attached hydrogens (primary N) is 1. The number of anilines is 1. The van der Waals surface area contributed by atoms with Gasteiger partial charge in [0.2, 0.25) is 5.95 Å². The number of nitrogens with zero attached hydrogens (tertiary/aromatic N) is 2. The lowest BCUT2D eigenvalue weighted by molar-refractivity contribution is 0.550. The quantitative estimate of drug-likeness (QED) is 0.456. The molecule has 1 aromatic heterocycles. The summed E-state index contributed by atoms with van der Waals surface area (Å²) in [6, 6.07) is 6.34. The first-order valence-electron chi connectivity index (χ1n) is 8.13. The molecule has 0 aliphatic carbocycles. The summed E-state index contributed by atoms with van der Waals surface area (Å²) in [6.07, 6.45) is 10.7. The van der Waals surface area contributed by atoms with Crippen LogP contribution in [0.5, 0.6) is 0 Å². The maximum Gasteiger partial charge on any atom is 0.201 e. The van der Waals surface area contributed by atoms with Gasteiger partial charge < -0.3 is 10.3 Å². The smallest absolute Gasteiger partial charge is 0.201 e. The number of hydrogen-bond acceptors (Lipinski definition) is 2. The first-order valence-corrected chi connectivity index (χ1v) is 9.21. The van der Waals surface area contributed by atoms with Crippen molar-refractivity contribution in [3.05, 3.63) is 21.8 Å². The highest BCUT2D eigenvalue weighted by Crippen LogP contribution is 2.21. The summed E-state index contributed by atoms with van der Waals surface area (Å²) < 4.78 is 3.36. The third kappa shape index (κ3) is 4.87. The first kappa shape index (κ1) is 16.6. The van der Waals surface area contributed by atoms with Crippen LogP contribution in [0.15, 0.2) is 18.2 Å². The van der Waals surface area contributed by atoms with Crippen molar-refractivity contribution in [1.29, 1.82) is 0 Å². The van der Waals surface area contributed by atoms with Crippen LogP contribution in [0, 0.1) is 3.57 Å². The molecule has 2 rings (SSSR count). The zero-order valence-electron chi connectivity index (χ0n) is 12.9. The van der Waals surface area contributed by atoms with Gasteiger partial charge in [-0.25, -0.2) is 4.98 Å². The lowest BCUT2D eigenvalue weighted by Crippen LogP contribution is -2.03. The largest absolute Gasteiger partial charge is 0.369 e. The molecule has 0 spiro atoms. The summed E-state index contributed by atoms with van der Waals surface area (Å²) in [5, 5.41) is 0. The zero-order valence-corrected chi connectivity index (χ0v) is 15.1. The van der Waals surface area contributed by atoms with Gasteiger partial charge >= 0.3 is 0 Å². The second kappa shape index (κ2) is 8.61. The molecule has 116 valence electrons. The van der Waals surface area contributed by atoms with Crippen molar-refractivity contribution in [2.24, 2.45) is 0 Å². The van der Waals surface area contributed by atoms with Gasteiger partial charge in [-0.1, -0.05) is 51.9 Å². The van der Waals surface area contributed by atoms with E-state index in [0.717, 1.165) is 17.6 Å². The molecular weight excluding hydrogens is 373 g/mol. The van der Waals surface area contributed by atoms with Crippen molar-refractivity contribution in [2.75, 3.05) is 5.73 Å². The molecule has 0 bridgehead atoms. The van der Waals surface area contributed by atoms with Crippen LogP contribution in [0.2, 0.25) is 0 Å². The standard InChI is InChI=1S/C17H26IN3/c1-2-3-4-5-6-7-8-9-12-21-16-11-10-14(18)13-15(16)20-17(21)19/h10-11,13H,2-9,12H2,1H3,(H2,19,20). The van der Waals surface area contributed by atoms with E-state index in [0.29, 0.717) is 5.95 Å². The number of imidazole rings is 1. The Balaban J connectivity index is 1.77. The number of hydrogen-bond donors (Lipinski definition) is 1. The molecular formula is C17H26IN3. The summed E-state index contributed by atoms with van der Waals surface area (Å²) in [7, 11) is 0. The molecule has 0 amide bonds. The fraction of sp³-hybridized carbons (Fsp3) is 0.588. The second-order valence-corrected chi connectivity index (χ2v) is 6.98. The molecule has 1 aromatic carbocycles. The van der Waals surface area contributed by atoms with Crippen LogP contribution >= 0.6 is 22.6 Å². The van der Waals surface area contributed by atoms with Gasteiger partial charge in [-0.3, -0.25) is 0 Å². The molecule has 4 heteroatoms. The Morgan fingerprint density at radius 3 is 2.43 bits per heavy atom. The van der Waals surface area contributed by atoms with Crippen LogP contribution in [0.25, 0.3) is 11.0 Å². The molecule has 0 atom stereocenters. The third-order valence-electron chi connectivity index (χ3n) is 3.98. The van der Waals surface area contributed by atoms with E-state index in [9.17, 15) is 0 Å². The molecule has 0 saturated carbocycles. The second-order valence-electron chi connectivity index (χ2n) is 5.73. The predicted molar refractivity (Wildman–Crippen MR) is 99.5 cm³/mol. The Morgan fingerprint density at radius 1 is 1.05 bits per heavy atom. The van der Waals surface area contributed by atoms with Crippen molar-refractivity contribution in [1.82, 2.24) is 9.55 Å². The van der Waals surface area contributed by atoms with E-state index in [1.807, 2.05) is 0 Å². The van der Waals surface area contributed by atoms with Crippen LogP contribution in [0.1, 0.15) is 58.3 Å². The van der Waals surface area contributed by atoms with Crippen LogP contribution in [-0.4, -0.2) is 9.55 Å². The van der Waals surface area contributed by atoms with Gasteiger partial charge in [-0.05, 0) is 47.2 Å². The number of fused-ring (bicyclic) bond motifs is 1. The van der Waals surface area contributed by atoms with Crippen molar-refractivity contribution in [2.45, 2.75) is 64.8 Å². The molecule has 0 unspecified atom stereocenters. The van der Waals surface area contributed by atoms with E-state index in [2.05, 4.69) is 57.3 Å². The predicted octanol–water partition coefficient (Wildman–Crippen LogP) is 5.36. The molecule has 1 heterocycles. The van der Waals surface area contributed by atoms with Crippen molar-refractivity contribution in [3.8, 4) is 0 Å². The van der Waals surface area contributed by atoms with Gasteiger partial charge in [0.1, 0.15) is 0 Å². The SMILES string of the molecule is CCCCCCCCCCn1c(N)nc2cc(I)ccc21. The minimum atomic E-state index is 0.648. The Kier molecular flexibility index (Phi) is 6.80. The van der Waals surface area contributed by atoms with Crippen molar-refractivity contribution < 1.29 is 0 Å². The van der Waals surface area contributed by atoms with Gasteiger partial charge in [0.05, 0.1) is 11.0 Å². The van der Waals surface area contributed by atoms with Crippen LogP contribution in [-0.2, 0) is 6.54 Å². The third-order valence-corrected chi connectivity index (χ3v) is 4.65. The van der Waals surface area contributed by atoms with E-state index >= 15 is 0 Å². The molecule has 0 radical (unpaired) electrons. The number of rotatable bonds is 9. The Labute approximate surface area is 141 Å². The summed E-state index contributed by atoms with van der Waals surface area (Å²) in [4.78, 5) is 4.46. The van der Waals surface area contributed by atoms with Gasteiger partial charge in [-0.15, -0.1) is 0 Å². The highest BCUT2D eigenvalue weighted by Gasteiger charge is 2.07. The van der Waals surface area contributed by atoms with E-state index in [1.54, 1.807) is 0 Å². The van der Waals surface area contributed by atoms with Crippen LogP contribution in [0.3, 0.4) is 0 Å². The van der Waals surface area contributed by atoms with Gasteiger partial charge in [0.25, 0.3) is 0 Å². The van der Waals surface area contributed by atoms with Gasteiger partial charge in [-0.2, -0.15) is 0 Å². The number of nitrogen functional groups attached to an aromatic ring is 1. The monoisotopic (exact) mass is 399 g/mol. The van der Waals surface area contributed by atoms with Gasteiger partial charge in [0, 0.05) is 10.1 Å². The topological polar surface area (TPSA) is 43.8 Å². The lowest BCUT2D eigenvalue weighted by Gasteiger charge is -2.06. The molecule has 0 fully saturated rings. The fourth-order valence-electron chi connectivity index (χ4n) is 2.76. The summed E-state index contributed by atoms with van der Waals surface area (Å²) in [5.74, 6) is 0.648. The minimum Gasteiger partial charge on any atom is -0.369 e. The number of aromatic nitrogens is 2. The maximum absolute atomic E-state index is 6.05. The molecule has 3 nitrogen and oxygen atoms in total. The molecule has 2 aromatic rings. The molecule has 0 aliphatic rings. The number of benzene rings is 1. The minimum absolute atomic E-state index is 0.648. The van der Waals surface area contributed by atoms with Crippen LogP contribution < -0.4 is 5.73 Å². The molecule has 0 saturated heterocycles. The zero-order chi connectivity index (χ0) is 15.1. The summed E-state index contributed by atoms with van der Waals surface area (Å²) in [5.41, 5.74) is 8.22. The van der Waals surface area contributed by atoms with E-state index in [-0.39, 0.29) is 0 Å². The maximum atomic E-state index is 6.05. The number of unbranched alkanes of at least 4 members (excludes halogenated alkanes) is 7. The average molecular weight is 399 g/mol. The Bertz CT molecular complexity index is 562. The van der Waals surface area contributed by atoms with E-state index < -0.39 is 0 Å². The molecule has 0 aliphatic heterocycles. The lowest BCUT2D eigenvalue weighted by atomic mass is 10.1. The highest BCUT2D eigenvalue weighted by atomic mass is 127. The number of halogens is 1. The summed E-state index contributed by atoms with van der Waals surface area (Å²) >= 11 is 2.31. The Morgan fingerprint density at radius 2 is 1.71 bits per heavy atom. The average Bonchev–Trinajstić information content (AvgIpc) is 2.76. The number of aryl methyl sites for hydroxylation is 1. The van der Waals surface area contributed by atoms with Crippen molar-refractivity contribution in [3.63, 3.8) is 0 Å². The van der Waals surface area contributed by atoms with E-state index in [1.165, 1.54) is 54.9 Å². The fourth-order valence-corrected chi connectivity index (χ4v) is 3.24. The van der Waals surface area contributed by atoms with E-state index in [4.69, 9.17) is 5.73 Å². The molecule has 2 N–H and O–H groups in total. The summed E-state index contributed by atoms with van der Waals surface area (Å²) in [6.45, 7) is 3.25. The molecule has 21 heavy (non-hydrogen) atoms. The van der Waals surface area contributed by atoms with Crippen molar-refractivity contribution >= 4 is 39.6 Å². The van der Waals surface area contributed by atoms with Gasteiger partial charge in [0.15, 0.2) is 0 Å². The highest BCUT2D eigenvalue weighted by molar-refractivity contribution is 14.1.